The molecule has 1 aromatic carbocycles. The zero-order chi connectivity index (χ0) is 17.8. The smallest absolute Gasteiger partial charge is 0.469 e. The molecule has 128 valence electrons. The number of benzene rings is 1. The van der Waals surface area contributed by atoms with Gasteiger partial charge in [-0.3, -0.25) is 14.1 Å². The Bertz CT molecular complexity index is 600. The summed E-state index contributed by atoms with van der Waals surface area (Å²) >= 11 is 0. The molecular formula is C12H16NO9P. The molecule has 0 bridgehead atoms. The molecule has 0 saturated heterocycles. The molecule has 1 amide bonds. The van der Waals surface area contributed by atoms with Crippen molar-refractivity contribution in [1.82, 2.24) is 0 Å². The third-order valence-corrected chi connectivity index (χ3v) is 3.66. The van der Waals surface area contributed by atoms with Gasteiger partial charge in [-0.25, -0.2) is 4.57 Å². The number of carbonyl (C=O) groups excluding carboxylic acids is 1. The van der Waals surface area contributed by atoms with Crippen molar-refractivity contribution in [3.8, 4) is 0 Å². The predicted molar refractivity (Wildman–Crippen MR) is 75.0 cm³/mol. The van der Waals surface area contributed by atoms with Gasteiger partial charge in [0, 0.05) is 0 Å². The molecule has 23 heavy (non-hydrogen) atoms. The third kappa shape index (κ3) is 4.14. The van der Waals surface area contributed by atoms with E-state index in [0.29, 0.717) is 0 Å². The fourth-order valence-corrected chi connectivity index (χ4v) is 2.42. The molecule has 7 N–H and O–H groups in total. The Morgan fingerprint density at radius 2 is 1.74 bits per heavy atom. The van der Waals surface area contributed by atoms with Crippen molar-refractivity contribution < 1.29 is 43.8 Å². The molecule has 0 aliphatic rings. The standard InChI is InChI=1S/C12H16NO9P/c13-10(16)12(11(17)18,7-4-2-1-3-5-7)9(15)8(14)6-22-23(19,20)21/h1-5,8-9,14-15H,6H2,(H2,13,16)(H,17,18)(H2,19,20,21)/t8-,9-,12-/m1/s1. The van der Waals surface area contributed by atoms with Gasteiger partial charge in [0.2, 0.25) is 5.91 Å². The van der Waals surface area contributed by atoms with Crippen LogP contribution < -0.4 is 5.73 Å². The van der Waals surface area contributed by atoms with Gasteiger partial charge < -0.3 is 30.8 Å². The molecule has 0 fully saturated rings. The van der Waals surface area contributed by atoms with Gasteiger partial charge in [-0.1, -0.05) is 30.3 Å². The van der Waals surface area contributed by atoms with Crippen molar-refractivity contribution in [2.24, 2.45) is 5.73 Å². The van der Waals surface area contributed by atoms with E-state index in [0.717, 1.165) is 0 Å². The maximum absolute atomic E-state index is 11.8. The molecule has 0 saturated carbocycles. The number of hydrogen-bond acceptors (Lipinski definition) is 6. The lowest BCUT2D eigenvalue weighted by Gasteiger charge is -2.34. The fraction of sp³-hybridized carbons (Fsp3) is 0.333. The van der Waals surface area contributed by atoms with Crippen LogP contribution in [-0.4, -0.2) is 55.8 Å². The van der Waals surface area contributed by atoms with Crippen molar-refractivity contribution in [3.63, 3.8) is 0 Å². The molecule has 0 heterocycles. The SMILES string of the molecule is NC(=O)[C@@](C(=O)O)(c1ccccc1)[C@H](O)[C@H](O)COP(=O)(O)O. The van der Waals surface area contributed by atoms with E-state index in [1.807, 2.05) is 0 Å². The average Bonchev–Trinajstić information content (AvgIpc) is 2.45. The van der Waals surface area contributed by atoms with Crippen LogP contribution in [0.15, 0.2) is 30.3 Å². The summed E-state index contributed by atoms with van der Waals surface area (Å²) in [5, 5.41) is 29.4. The number of aliphatic hydroxyl groups is 2. The van der Waals surface area contributed by atoms with E-state index in [4.69, 9.17) is 15.5 Å². The number of carboxylic acid groups (broad SMARTS) is 1. The van der Waals surface area contributed by atoms with Crippen LogP contribution in [0.4, 0.5) is 0 Å². The summed E-state index contributed by atoms with van der Waals surface area (Å²) < 4.78 is 14.6. The van der Waals surface area contributed by atoms with E-state index in [9.17, 15) is 29.5 Å². The van der Waals surface area contributed by atoms with Gasteiger partial charge in [0.15, 0.2) is 5.41 Å². The number of amides is 1. The molecule has 0 aliphatic heterocycles. The summed E-state index contributed by atoms with van der Waals surface area (Å²) in [6.45, 7) is -1.11. The Morgan fingerprint density at radius 1 is 1.22 bits per heavy atom. The molecule has 0 aromatic heterocycles. The van der Waals surface area contributed by atoms with Crippen LogP contribution in [0.1, 0.15) is 5.56 Å². The highest BCUT2D eigenvalue weighted by atomic mass is 31.2. The van der Waals surface area contributed by atoms with Gasteiger partial charge in [-0.2, -0.15) is 0 Å². The molecule has 3 atom stereocenters. The van der Waals surface area contributed by atoms with Crippen molar-refractivity contribution in [2.45, 2.75) is 17.6 Å². The second-order valence-corrected chi connectivity index (χ2v) is 5.88. The Kier molecular flexibility index (Phi) is 6.00. The second kappa shape index (κ2) is 7.18. The first-order chi connectivity index (χ1) is 10.5. The quantitative estimate of drug-likeness (QED) is 0.235. The summed E-state index contributed by atoms with van der Waals surface area (Å²) in [5.41, 5.74) is 2.21. The highest BCUT2D eigenvalue weighted by molar-refractivity contribution is 7.46. The summed E-state index contributed by atoms with van der Waals surface area (Å²) in [4.78, 5) is 40.6. The van der Waals surface area contributed by atoms with Crippen LogP contribution >= 0.6 is 7.82 Å². The second-order valence-electron chi connectivity index (χ2n) is 4.64. The Labute approximate surface area is 130 Å². The number of nitrogens with two attached hydrogens (primary N) is 1. The molecular weight excluding hydrogens is 333 g/mol. The largest absolute Gasteiger partial charge is 0.480 e. The lowest BCUT2D eigenvalue weighted by Crippen LogP contribution is -2.60. The monoisotopic (exact) mass is 349 g/mol. The number of carboxylic acids is 1. The maximum Gasteiger partial charge on any atom is 0.469 e. The number of rotatable bonds is 8. The van der Waals surface area contributed by atoms with Gasteiger partial charge in [0.1, 0.15) is 12.2 Å². The predicted octanol–water partition coefficient (Wildman–Crippen LogP) is -1.67. The number of phosphoric ester groups is 1. The highest BCUT2D eigenvalue weighted by Gasteiger charge is 2.55. The summed E-state index contributed by atoms with van der Waals surface area (Å²) in [6, 6.07) is 6.72. The van der Waals surface area contributed by atoms with E-state index in [1.165, 1.54) is 30.3 Å². The van der Waals surface area contributed by atoms with Crippen molar-refractivity contribution in [2.75, 3.05) is 6.61 Å². The molecule has 10 nitrogen and oxygen atoms in total. The van der Waals surface area contributed by atoms with Crippen molar-refractivity contribution >= 4 is 19.7 Å². The lowest BCUT2D eigenvalue weighted by molar-refractivity contribution is -0.160. The molecule has 0 radical (unpaired) electrons. The summed E-state index contributed by atoms with van der Waals surface area (Å²) in [7, 11) is -4.97. The van der Waals surface area contributed by atoms with Gasteiger partial charge in [0.25, 0.3) is 0 Å². The van der Waals surface area contributed by atoms with Crippen molar-refractivity contribution in [3.05, 3.63) is 35.9 Å². The highest BCUT2D eigenvalue weighted by Crippen LogP contribution is 2.37. The van der Waals surface area contributed by atoms with Crippen LogP contribution in [-0.2, 0) is 24.1 Å². The summed E-state index contributed by atoms with van der Waals surface area (Å²) in [5.74, 6) is -3.29. The van der Waals surface area contributed by atoms with E-state index in [-0.39, 0.29) is 5.56 Å². The van der Waals surface area contributed by atoms with Crippen LogP contribution in [0.5, 0.6) is 0 Å². The molecule has 1 aromatic rings. The molecule has 0 unspecified atom stereocenters. The molecule has 1 rings (SSSR count). The normalized spacial score (nSPS) is 17.0. The number of phosphoric acid groups is 1. The van der Waals surface area contributed by atoms with Crippen LogP contribution in [0.25, 0.3) is 0 Å². The minimum absolute atomic E-state index is 0.206. The van der Waals surface area contributed by atoms with Gasteiger partial charge in [0.05, 0.1) is 6.61 Å². The van der Waals surface area contributed by atoms with Gasteiger partial charge in [-0.05, 0) is 5.56 Å². The third-order valence-electron chi connectivity index (χ3n) is 3.18. The number of primary amides is 1. The number of aliphatic carboxylic acids is 1. The minimum atomic E-state index is -4.97. The first-order valence-electron chi connectivity index (χ1n) is 6.18. The molecule has 11 heteroatoms. The average molecular weight is 349 g/mol. The van der Waals surface area contributed by atoms with E-state index in [2.05, 4.69) is 4.52 Å². The van der Waals surface area contributed by atoms with E-state index >= 15 is 0 Å². The maximum atomic E-state index is 11.8. The van der Waals surface area contributed by atoms with E-state index < -0.39 is 43.9 Å². The Hall–Kier alpha value is -1.81. The van der Waals surface area contributed by atoms with Crippen LogP contribution in [0.3, 0.4) is 0 Å². The zero-order valence-electron chi connectivity index (χ0n) is 11.6. The molecule has 0 spiro atoms. The summed E-state index contributed by atoms with van der Waals surface area (Å²) in [6.07, 6.45) is -4.42. The fourth-order valence-electron chi connectivity index (χ4n) is 2.07. The number of aliphatic hydroxyl groups excluding tert-OH is 2. The Balaban J connectivity index is 3.27. The van der Waals surface area contributed by atoms with Crippen LogP contribution in [0.2, 0.25) is 0 Å². The first-order valence-corrected chi connectivity index (χ1v) is 7.71. The number of carbonyl (C=O) groups is 2. The lowest BCUT2D eigenvalue weighted by atomic mass is 9.73. The first kappa shape index (κ1) is 19.2. The van der Waals surface area contributed by atoms with E-state index in [1.54, 1.807) is 0 Å². The van der Waals surface area contributed by atoms with Crippen LogP contribution in [0, 0.1) is 0 Å². The van der Waals surface area contributed by atoms with Gasteiger partial charge in [-0.15, -0.1) is 0 Å². The topological polar surface area (TPSA) is 188 Å². The zero-order valence-corrected chi connectivity index (χ0v) is 12.5. The Morgan fingerprint density at radius 3 is 2.13 bits per heavy atom. The molecule has 0 aliphatic carbocycles. The van der Waals surface area contributed by atoms with Crippen molar-refractivity contribution in [1.29, 1.82) is 0 Å². The minimum Gasteiger partial charge on any atom is -0.480 e. The van der Waals surface area contributed by atoms with Gasteiger partial charge >= 0.3 is 13.8 Å². The number of hydrogen-bond donors (Lipinski definition) is 6.